The number of carbonyl (C=O) groups excluding carboxylic acids is 1. The molecule has 0 heterocycles. The van der Waals surface area contributed by atoms with Gasteiger partial charge >= 0.3 is 0 Å². The average Bonchev–Trinajstić information content (AvgIpc) is 2.51. The van der Waals surface area contributed by atoms with E-state index in [0.29, 0.717) is 24.8 Å². The van der Waals surface area contributed by atoms with Crippen LogP contribution in [0.2, 0.25) is 0 Å². The first-order valence-corrected chi connectivity index (χ1v) is 7.51. The molecular formula is C15H23N3O5. The lowest BCUT2D eigenvalue weighted by Crippen LogP contribution is -2.28. The predicted molar refractivity (Wildman–Crippen MR) is 84.1 cm³/mol. The standard InChI is InChI=1S/C15H23N3O5/c16-14(20)4-2-1-3-5-15(21)17-9-11-6-7-12(10-19)13(8-11)18(22)23/h6-8,15,17,19,21H,1-5,9-10H2,(H2,16,20). The first-order valence-electron chi connectivity index (χ1n) is 7.51. The van der Waals surface area contributed by atoms with E-state index in [4.69, 9.17) is 10.8 Å². The summed E-state index contributed by atoms with van der Waals surface area (Å²) in [5, 5.41) is 32.7. The summed E-state index contributed by atoms with van der Waals surface area (Å²) in [5.41, 5.74) is 5.82. The van der Waals surface area contributed by atoms with Gasteiger partial charge < -0.3 is 15.9 Å². The Morgan fingerprint density at radius 2 is 2.09 bits per heavy atom. The molecule has 23 heavy (non-hydrogen) atoms. The Kier molecular flexibility index (Phi) is 8.17. The number of aliphatic hydroxyl groups is 2. The third kappa shape index (κ3) is 7.18. The molecule has 0 aliphatic rings. The van der Waals surface area contributed by atoms with E-state index in [1.807, 2.05) is 0 Å². The predicted octanol–water partition coefficient (Wildman–Crippen LogP) is 0.931. The monoisotopic (exact) mass is 325 g/mol. The molecular weight excluding hydrogens is 302 g/mol. The van der Waals surface area contributed by atoms with Crippen molar-refractivity contribution in [2.24, 2.45) is 5.73 Å². The van der Waals surface area contributed by atoms with E-state index in [1.165, 1.54) is 12.1 Å². The van der Waals surface area contributed by atoms with Crippen molar-refractivity contribution in [2.45, 2.75) is 51.5 Å². The number of nitro benzene ring substituents is 1. The molecule has 5 N–H and O–H groups in total. The van der Waals surface area contributed by atoms with Gasteiger partial charge in [-0.15, -0.1) is 0 Å². The van der Waals surface area contributed by atoms with Gasteiger partial charge in [0.05, 0.1) is 17.1 Å². The number of aliphatic hydroxyl groups excluding tert-OH is 2. The van der Waals surface area contributed by atoms with E-state index in [-0.39, 0.29) is 23.7 Å². The SMILES string of the molecule is NC(=O)CCCCCC(O)NCc1ccc(CO)c([N+](=O)[O-])c1. The maximum absolute atomic E-state index is 10.9. The molecule has 1 atom stereocenters. The lowest BCUT2D eigenvalue weighted by atomic mass is 10.1. The van der Waals surface area contributed by atoms with E-state index >= 15 is 0 Å². The Morgan fingerprint density at radius 3 is 2.70 bits per heavy atom. The van der Waals surface area contributed by atoms with Gasteiger partial charge in [-0.2, -0.15) is 0 Å². The van der Waals surface area contributed by atoms with Gasteiger partial charge in [-0.3, -0.25) is 20.2 Å². The van der Waals surface area contributed by atoms with Gasteiger partial charge in [-0.25, -0.2) is 0 Å². The first kappa shape index (κ1) is 19.0. The van der Waals surface area contributed by atoms with Gasteiger partial charge in [-0.05, 0) is 30.9 Å². The number of rotatable bonds is 11. The van der Waals surface area contributed by atoms with Crippen LogP contribution in [0.25, 0.3) is 0 Å². The van der Waals surface area contributed by atoms with E-state index in [9.17, 15) is 20.0 Å². The highest BCUT2D eigenvalue weighted by molar-refractivity contribution is 5.73. The van der Waals surface area contributed by atoms with Crippen LogP contribution in [0, 0.1) is 10.1 Å². The third-order valence-electron chi connectivity index (χ3n) is 3.46. The molecule has 8 nitrogen and oxygen atoms in total. The molecule has 0 fully saturated rings. The molecule has 0 spiro atoms. The summed E-state index contributed by atoms with van der Waals surface area (Å²) in [6, 6.07) is 4.56. The van der Waals surface area contributed by atoms with Crippen LogP contribution < -0.4 is 11.1 Å². The van der Waals surface area contributed by atoms with Crippen molar-refractivity contribution in [2.75, 3.05) is 0 Å². The number of nitrogens with one attached hydrogen (secondary N) is 1. The molecule has 1 rings (SSSR count). The fourth-order valence-corrected chi connectivity index (χ4v) is 2.17. The topological polar surface area (TPSA) is 139 Å². The summed E-state index contributed by atoms with van der Waals surface area (Å²) < 4.78 is 0. The van der Waals surface area contributed by atoms with E-state index < -0.39 is 17.8 Å². The number of nitrogens with two attached hydrogens (primary N) is 1. The van der Waals surface area contributed by atoms with Crippen molar-refractivity contribution in [1.29, 1.82) is 0 Å². The van der Waals surface area contributed by atoms with Crippen LogP contribution in [0.15, 0.2) is 18.2 Å². The summed E-state index contributed by atoms with van der Waals surface area (Å²) in [4.78, 5) is 20.9. The fourth-order valence-electron chi connectivity index (χ4n) is 2.17. The lowest BCUT2D eigenvalue weighted by Gasteiger charge is -2.13. The first-order chi connectivity index (χ1) is 10.9. The fraction of sp³-hybridized carbons (Fsp3) is 0.533. The van der Waals surface area contributed by atoms with E-state index in [0.717, 1.165) is 12.8 Å². The Labute approximate surface area is 134 Å². The normalized spacial score (nSPS) is 12.1. The number of amides is 1. The van der Waals surface area contributed by atoms with Crippen molar-refractivity contribution >= 4 is 11.6 Å². The average molecular weight is 325 g/mol. The van der Waals surface area contributed by atoms with Crippen LogP contribution in [0.3, 0.4) is 0 Å². The van der Waals surface area contributed by atoms with Crippen LogP contribution in [0.5, 0.6) is 0 Å². The molecule has 8 heteroatoms. The Balaban J connectivity index is 2.38. The molecule has 0 bridgehead atoms. The minimum Gasteiger partial charge on any atom is -0.391 e. The third-order valence-corrected chi connectivity index (χ3v) is 3.46. The minimum absolute atomic E-state index is 0.132. The minimum atomic E-state index is -0.722. The molecule has 128 valence electrons. The van der Waals surface area contributed by atoms with Gasteiger partial charge in [0.2, 0.25) is 5.91 Å². The van der Waals surface area contributed by atoms with Crippen LogP contribution in [0.4, 0.5) is 5.69 Å². The largest absolute Gasteiger partial charge is 0.391 e. The highest BCUT2D eigenvalue weighted by atomic mass is 16.6. The van der Waals surface area contributed by atoms with Gasteiger partial charge in [0, 0.05) is 19.0 Å². The highest BCUT2D eigenvalue weighted by Gasteiger charge is 2.14. The number of benzene rings is 1. The van der Waals surface area contributed by atoms with Crippen molar-refractivity contribution < 1.29 is 19.9 Å². The highest BCUT2D eigenvalue weighted by Crippen LogP contribution is 2.20. The number of nitro groups is 1. The number of carbonyl (C=O) groups is 1. The summed E-state index contributed by atoms with van der Waals surface area (Å²) >= 11 is 0. The van der Waals surface area contributed by atoms with Crippen molar-refractivity contribution in [3.05, 3.63) is 39.4 Å². The van der Waals surface area contributed by atoms with Crippen molar-refractivity contribution in [1.82, 2.24) is 5.32 Å². The number of hydrogen-bond donors (Lipinski definition) is 4. The van der Waals surface area contributed by atoms with E-state index in [2.05, 4.69) is 5.32 Å². The maximum atomic E-state index is 10.9. The Morgan fingerprint density at radius 1 is 1.35 bits per heavy atom. The Bertz CT molecular complexity index is 536. The molecule has 0 radical (unpaired) electrons. The molecule has 0 saturated carbocycles. The molecule has 1 unspecified atom stereocenters. The smallest absolute Gasteiger partial charge is 0.275 e. The van der Waals surface area contributed by atoms with Gasteiger partial charge in [0.15, 0.2) is 0 Å². The van der Waals surface area contributed by atoms with Crippen molar-refractivity contribution in [3.8, 4) is 0 Å². The lowest BCUT2D eigenvalue weighted by molar-refractivity contribution is -0.385. The van der Waals surface area contributed by atoms with E-state index in [1.54, 1.807) is 6.07 Å². The number of hydrogen-bond acceptors (Lipinski definition) is 6. The van der Waals surface area contributed by atoms with Crippen LogP contribution >= 0.6 is 0 Å². The second kappa shape index (κ2) is 9.88. The van der Waals surface area contributed by atoms with Gasteiger partial charge in [-0.1, -0.05) is 12.5 Å². The zero-order valence-corrected chi connectivity index (χ0v) is 12.9. The molecule has 0 saturated heterocycles. The number of primary amides is 1. The summed E-state index contributed by atoms with van der Waals surface area (Å²) in [6.45, 7) is -0.104. The quantitative estimate of drug-likeness (QED) is 0.207. The van der Waals surface area contributed by atoms with Crippen LogP contribution in [-0.2, 0) is 17.9 Å². The molecule has 0 aromatic heterocycles. The van der Waals surface area contributed by atoms with Crippen LogP contribution in [-0.4, -0.2) is 27.3 Å². The second-order valence-corrected chi connectivity index (χ2v) is 5.34. The van der Waals surface area contributed by atoms with Gasteiger partial charge in [0.25, 0.3) is 5.69 Å². The molecule has 1 aromatic carbocycles. The summed E-state index contributed by atoms with van der Waals surface area (Å²) in [5.74, 6) is -0.323. The Hall–Kier alpha value is -2.03. The molecule has 1 amide bonds. The summed E-state index contributed by atoms with van der Waals surface area (Å²) in [7, 11) is 0. The molecule has 0 aliphatic heterocycles. The molecule has 0 aliphatic carbocycles. The maximum Gasteiger partial charge on any atom is 0.275 e. The van der Waals surface area contributed by atoms with Crippen LogP contribution in [0.1, 0.15) is 43.2 Å². The van der Waals surface area contributed by atoms with Crippen molar-refractivity contribution in [3.63, 3.8) is 0 Å². The number of unbranched alkanes of at least 4 members (excludes halogenated alkanes) is 2. The zero-order chi connectivity index (χ0) is 17.2. The summed E-state index contributed by atoms with van der Waals surface area (Å²) in [6.07, 6.45) is 2.42. The van der Waals surface area contributed by atoms with Gasteiger partial charge in [0.1, 0.15) is 6.23 Å². The molecule has 1 aromatic rings. The number of nitrogens with zero attached hydrogens (tertiary/aromatic N) is 1. The zero-order valence-electron chi connectivity index (χ0n) is 12.9. The second-order valence-electron chi connectivity index (χ2n) is 5.34.